The lowest BCUT2D eigenvalue weighted by Gasteiger charge is -2.09. The highest BCUT2D eigenvalue weighted by Crippen LogP contribution is 2.19. The van der Waals surface area contributed by atoms with Crippen molar-refractivity contribution in [3.63, 3.8) is 0 Å². The van der Waals surface area contributed by atoms with E-state index in [4.69, 9.17) is 9.72 Å². The molecule has 1 N–H and O–H groups in total. The Morgan fingerprint density at radius 3 is 2.65 bits per heavy atom. The number of fused-ring (bicyclic) bond motifs is 1. The Morgan fingerprint density at radius 1 is 1.23 bits per heavy atom. The summed E-state index contributed by atoms with van der Waals surface area (Å²) in [5.41, 5.74) is 2.61. The Labute approximate surface area is 160 Å². The van der Waals surface area contributed by atoms with E-state index in [0.717, 1.165) is 27.1 Å². The van der Waals surface area contributed by atoms with Crippen molar-refractivity contribution in [3.05, 3.63) is 71.0 Å². The van der Waals surface area contributed by atoms with Crippen LogP contribution in [0.3, 0.4) is 0 Å². The van der Waals surface area contributed by atoms with Crippen LogP contribution in [-0.4, -0.2) is 29.1 Å². The van der Waals surface area contributed by atoms with Crippen LogP contribution < -0.4 is 10.1 Å². The summed E-state index contributed by atoms with van der Waals surface area (Å²) < 4.78 is 8.10. The quantitative estimate of drug-likeness (QED) is 0.638. The lowest BCUT2D eigenvalue weighted by Crippen LogP contribution is -2.26. The van der Waals surface area contributed by atoms with Crippen LogP contribution >= 0.6 is 15.9 Å². The molecule has 1 amide bonds. The summed E-state index contributed by atoms with van der Waals surface area (Å²) in [6.07, 6.45) is 0.636. The van der Waals surface area contributed by atoms with Gasteiger partial charge >= 0.3 is 0 Å². The van der Waals surface area contributed by atoms with E-state index < -0.39 is 0 Å². The first-order valence-corrected chi connectivity index (χ1v) is 9.07. The zero-order chi connectivity index (χ0) is 18.5. The molecule has 0 bridgehead atoms. The van der Waals surface area contributed by atoms with Gasteiger partial charge in [0.05, 0.1) is 24.7 Å². The molecule has 0 atom stereocenters. The molecule has 0 saturated carbocycles. The van der Waals surface area contributed by atoms with Crippen molar-refractivity contribution in [1.29, 1.82) is 0 Å². The number of carbonyl (C=O) groups excluding carboxylic acids is 1. The van der Waals surface area contributed by atoms with Gasteiger partial charge in [-0.1, -0.05) is 34.6 Å². The number of benzene rings is 2. The number of halogens is 1. The molecule has 0 fully saturated rings. The van der Waals surface area contributed by atoms with Crippen molar-refractivity contribution in [2.24, 2.45) is 0 Å². The molecule has 0 saturated heterocycles. The van der Waals surface area contributed by atoms with Gasteiger partial charge in [0, 0.05) is 23.0 Å². The van der Waals surface area contributed by atoms with Crippen molar-refractivity contribution in [1.82, 2.24) is 14.9 Å². The van der Waals surface area contributed by atoms with Gasteiger partial charge in [-0.05, 0) is 36.4 Å². The number of nitrogens with zero attached hydrogens (tertiary/aromatic N) is 2. The van der Waals surface area contributed by atoms with Crippen LogP contribution in [0.5, 0.6) is 5.75 Å². The van der Waals surface area contributed by atoms with Gasteiger partial charge in [-0.15, -0.1) is 0 Å². The average Bonchev–Trinajstić information content (AvgIpc) is 2.99. The van der Waals surface area contributed by atoms with Gasteiger partial charge in [-0.3, -0.25) is 4.79 Å². The summed E-state index contributed by atoms with van der Waals surface area (Å²) in [6.45, 7) is 5.07. The van der Waals surface area contributed by atoms with Crippen molar-refractivity contribution >= 4 is 32.9 Å². The topological polar surface area (TPSA) is 56.2 Å². The number of aromatic nitrogens is 2. The Hall–Kier alpha value is -2.60. The van der Waals surface area contributed by atoms with E-state index in [1.54, 1.807) is 31.4 Å². The standard InChI is InChI=1S/C20H20BrN3O2/c1-14(21)13-24-18-6-4-3-5-17(18)23-19(24)11-12-22-20(25)15-7-9-16(26-2)10-8-15/h3-10H,1,11-13H2,2H3,(H,22,25). The van der Waals surface area contributed by atoms with Gasteiger partial charge in [-0.2, -0.15) is 0 Å². The Morgan fingerprint density at radius 2 is 1.96 bits per heavy atom. The summed E-state index contributed by atoms with van der Waals surface area (Å²) in [6, 6.07) is 15.0. The number of carbonyl (C=O) groups is 1. The molecule has 26 heavy (non-hydrogen) atoms. The van der Waals surface area contributed by atoms with E-state index in [1.807, 2.05) is 24.3 Å². The minimum Gasteiger partial charge on any atom is -0.497 e. The van der Waals surface area contributed by atoms with Gasteiger partial charge in [0.15, 0.2) is 0 Å². The van der Waals surface area contributed by atoms with Gasteiger partial charge in [-0.25, -0.2) is 4.98 Å². The number of rotatable bonds is 7. The minimum absolute atomic E-state index is 0.111. The first kappa shape index (κ1) is 18.2. The molecule has 0 aliphatic rings. The molecule has 0 radical (unpaired) electrons. The number of imidazole rings is 1. The molecule has 2 aromatic carbocycles. The monoisotopic (exact) mass is 413 g/mol. The maximum Gasteiger partial charge on any atom is 0.251 e. The highest BCUT2D eigenvalue weighted by molar-refractivity contribution is 9.11. The molecule has 0 aliphatic carbocycles. The van der Waals surface area contributed by atoms with E-state index in [-0.39, 0.29) is 5.91 Å². The third kappa shape index (κ3) is 4.14. The second kappa shape index (κ2) is 8.19. The molecule has 0 aliphatic heterocycles. The van der Waals surface area contributed by atoms with Crippen LogP contribution in [0, 0.1) is 0 Å². The van der Waals surface area contributed by atoms with Gasteiger partial charge in [0.25, 0.3) is 5.91 Å². The maximum atomic E-state index is 12.3. The summed E-state index contributed by atoms with van der Waals surface area (Å²) in [5, 5.41) is 2.94. The largest absolute Gasteiger partial charge is 0.497 e. The molecule has 5 nitrogen and oxygen atoms in total. The lowest BCUT2D eigenvalue weighted by atomic mass is 10.2. The molecule has 3 aromatic rings. The van der Waals surface area contributed by atoms with Gasteiger partial charge in [0.1, 0.15) is 11.6 Å². The number of hydrogen-bond donors (Lipinski definition) is 1. The first-order valence-electron chi connectivity index (χ1n) is 8.28. The number of amides is 1. The summed E-state index contributed by atoms with van der Waals surface area (Å²) >= 11 is 3.43. The zero-order valence-electron chi connectivity index (χ0n) is 14.5. The predicted octanol–water partition coefficient (Wildman–Crippen LogP) is 3.93. The van der Waals surface area contributed by atoms with E-state index >= 15 is 0 Å². The predicted molar refractivity (Wildman–Crippen MR) is 107 cm³/mol. The fraction of sp³-hybridized carbons (Fsp3) is 0.200. The molecule has 1 aromatic heterocycles. The van der Waals surface area contributed by atoms with Crippen molar-refractivity contribution in [2.75, 3.05) is 13.7 Å². The zero-order valence-corrected chi connectivity index (χ0v) is 16.1. The summed E-state index contributed by atoms with van der Waals surface area (Å²) in [5.74, 6) is 1.53. The third-order valence-corrected chi connectivity index (χ3v) is 4.30. The molecular formula is C20H20BrN3O2. The van der Waals surface area contributed by atoms with E-state index in [1.165, 1.54) is 0 Å². The molecule has 3 rings (SSSR count). The number of nitrogens with one attached hydrogen (secondary N) is 1. The normalized spacial score (nSPS) is 10.7. The van der Waals surface area contributed by atoms with Crippen LogP contribution in [0.2, 0.25) is 0 Å². The number of methoxy groups -OCH3 is 1. The third-order valence-electron chi connectivity index (χ3n) is 4.05. The minimum atomic E-state index is -0.111. The Bertz CT molecular complexity index is 932. The van der Waals surface area contributed by atoms with Crippen LogP contribution in [0.4, 0.5) is 0 Å². The molecule has 0 unspecified atom stereocenters. The number of ether oxygens (including phenoxy) is 1. The molecule has 134 valence electrons. The number of hydrogen-bond acceptors (Lipinski definition) is 3. The molecule has 0 spiro atoms. The van der Waals surface area contributed by atoms with E-state index in [9.17, 15) is 4.79 Å². The Balaban J connectivity index is 1.69. The van der Waals surface area contributed by atoms with Crippen molar-refractivity contribution in [2.45, 2.75) is 13.0 Å². The SMILES string of the molecule is C=C(Br)Cn1c(CCNC(=O)c2ccc(OC)cc2)nc2ccccc21. The average molecular weight is 414 g/mol. The van der Waals surface area contributed by atoms with Crippen LogP contribution in [0.1, 0.15) is 16.2 Å². The number of para-hydroxylation sites is 2. The number of allylic oxidation sites excluding steroid dienone is 1. The maximum absolute atomic E-state index is 12.3. The fourth-order valence-electron chi connectivity index (χ4n) is 2.80. The summed E-state index contributed by atoms with van der Waals surface area (Å²) in [7, 11) is 1.60. The van der Waals surface area contributed by atoms with Crippen LogP contribution in [0.25, 0.3) is 11.0 Å². The van der Waals surface area contributed by atoms with E-state index in [0.29, 0.717) is 25.1 Å². The smallest absolute Gasteiger partial charge is 0.251 e. The molecule has 1 heterocycles. The summed E-state index contributed by atoms with van der Waals surface area (Å²) in [4.78, 5) is 17.0. The van der Waals surface area contributed by atoms with Crippen LogP contribution in [-0.2, 0) is 13.0 Å². The lowest BCUT2D eigenvalue weighted by molar-refractivity contribution is 0.0954. The van der Waals surface area contributed by atoms with Crippen LogP contribution in [0.15, 0.2) is 59.6 Å². The van der Waals surface area contributed by atoms with Gasteiger partial charge in [0.2, 0.25) is 0 Å². The molecule has 6 heteroatoms. The second-order valence-corrected chi connectivity index (χ2v) is 6.98. The Kier molecular flexibility index (Phi) is 5.73. The highest BCUT2D eigenvalue weighted by atomic mass is 79.9. The van der Waals surface area contributed by atoms with E-state index in [2.05, 4.69) is 32.4 Å². The second-order valence-electron chi connectivity index (χ2n) is 5.85. The fourth-order valence-corrected chi connectivity index (χ4v) is 3.05. The van der Waals surface area contributed by atoms with Gasteiger partial charge < -0.3 is 14.6 Å². The molecular weight excluding hydrogens is 394 g/mol. The highest BCUT2D eigenvalue weighted by Gasteiger charge is 2.11. The van der Waals surface area contributed by atoms with Crippen molar-refractivity contribution in [3.8, 4) is 5.75 Å². The first-order chi connectivity index (χ1) is 12.6. The van der Waals surface area contributed by atoms with Crippen molar-refractivity contribution < 1.29 is 9.53 Å².